The van der Waals surface area contributed by atoms with Crippen LogP contribution in [0.1, 0.15) is 23.0 Å². The lowest BCUT2D eigenvalue weighted by Crippen LogP contribution is -2.39. The summed E-state index contributed by atoms with van der Waals surface area (Å²) in [5, 5.41) is 2.52. The Morgan fingerprint density at radius 2 is 2.29 bits per heavy atom. The van der Waals surface area contributed by atoms with Crippen molar-refractivity contribution in [1.29, 1.82) is 0 Å². The molecule has 1 rings (SSSR count). The van der Waals surface area contributed by atoms with Gasteiger partial charge < -0.3 is 15.8 Å². The summed E-state index contributed by atoms with van der Waals surface area (Å²) in [4.78, 5) is 26.9. The first-order valence-corrected chi connectivity index (χ1v) is 5.12. The van der Waals surface area contributed by atoms with E-state index in [9.17, 15) is 9.59 Å². The number of nitrogens with one attached hydrogen (secondary N) is 1. The van der Waals surface area contributed by atoms with E-state index in [-0.39, 0.29) is 12.5 Å². The van der Waals surface area contributed by atoms with Gasteiger partial charge in [-0.25, -0.2) is 4.79 Å². The number of aromatic nitrogens is 1. The van der Waals surface area contributed by atoms with Gasteiger partial charge in [-0.2, -0.15) is 0 Å². The van der Waals surface area contributed by atoms with Crippen molar-refractivity contribution in [2.45, 2.75) is 19.5 Å². The van der Waals surface area contributed by atoms with Crippen LogP contribution in [0.15, 0.2) is 18.3 Å². The first-order chi connectivity index (χ1) is 8.08. The zero-order valence-corrected chi connectivity index (χ0v) is 9.77. The number of rotatable bonds is 4. The molecule has 1 aromatic rings. The first-order valence-electron chi connectivity index (χ1n) is 5.12. The zero-order chi connectivity index (χ0) is 12.8. The molecular formula is C11H15N3O3. The average Bonchev–Trinajstić information content (AvgIpc) is 2.37. The molecule has 0 aromatic carbocycles. The Balaban J connectivity index is 2.72. The molecular weight excluding hydrogens is 222 g/mol. The summed E-state index contributed by atoms with van der Waals surface area (Å²) in [6.45, 7) is 1.81. The van der Waals surface area contributed by atoms with E-state index in [2.05, 4.69) is 15.0 Å². The number of pyridine rings is 1. The van der Waals surface area contributed by atoms with Gasteiger partial charge in [0.2, 0.25) is 0 Å². The van der Waals surface area contributed by atoms with Crippen LogP contribution in [0, 0.1) is 0 Å². The van der Waals surface area contributed by atoms with E-state index in [1.54, 1.807) is 19.1 Å². The fraction of sp³-hybridized carbons (Fsp3) is 0.364. The van der Waals surface area contributed by atoms with Gasteiger partial charge in [0.05, 0.1) is 12.8 Å². The summed E-state index contributed by atoms with van der Waals surface area (Å²) in [5.41, 5.74) is 6.45. The summed E-state index contributed by atoms with van der Waals surface area (Å²) < 4.78 is 4.51. The van der Waals surface area contributed by atoms with Crippen LogP contribution < -0.4 is 11.1 Å². The standard InChI is InChI=1S/C11H15N3O3/c1-7(11(16)17-2)14-10(15)8-3-4-13-9(5-8)6-12/h3-5,7H,6,12H2,1-2H3,(H,14,15)/t7-/m0/s1. The molecule has 0 fully saturated rings. The fourth-order valence-corrected chi connectivity index (χ4v) is 1.25. The number of nitrogens with zero attached hydrogens (tertiary/aromatic N) is 1. The van der Waals surface area contributed by atoms with E-state index >= 15 is 0 Å². The lowest BCUT2D eigenvalue weighted by atomic mass is 10.2. The lowest BCUT2D eigenvalue weighted by Gasteiger charge is -2.11. The van der Waals surface area contributed by atoms with Gasteiger partial charge in [-0.3, -0.25) is 9.78 Å². The summed E-state index contributed by atoms with van der Waals surface area (Å²) in [5.74, 6) is -0.855. The van der Waals surface area contributed by atoms with Crippen molar-refractivity contribution in [2.75, 3.05) is 7.11 Å². The van der Waals surface area contributed by atoms with E-state index in [4.69, 9.17) is 5.73 Å². The Bertz CT molecular complexity index is 420. The molecule has 1 amide bonds. The highest BCUT2D eigenvalue weighted by Crippen LogP contribution is 2.02. The highest BCUT2D eigenvalue weighted by Gasteiger charge is 2.16. The Morgan fingerprint density at radius 1 is 1.59 bits per heavy atom. The van der Waals surface area contributed by atoms with Crippen molar-refractivity contribution >= 4 is 11.9 Å². The Morgan fingerprint density at radius 3 is 2.88 bits per heavy atom. The van der Waals surface area contributed by atoms with Crippen LogP contribution in [-0.4, -0.2) is 30.0 Å². The molecule has 0 aliphatic rings. The molecule has 0 bridgehead atoms. The van der Waals surface area contributed by atoms with Crippen molar-refractivity contribution in [3.63, 3.8) is 0 Å². The number of nitrogens with two attached hydrogens (primary N) is 1. The molecule has 6 nitrogen and oxygen atoms in total. The van der Waals surface area contributed by atoms with Gasteiger partial charge in [-0.05, 0) is 19.1 Å². The van der Waals surface area contributed by atoms with E-state index in [1.165, 1.54) is 13.3 Å². The van der Waals surface area contributed by atoms with Crippen LogP contribution in [0.3, 0.4) is 0 Å². The van der Waals surface area contributed by atoms with Crippen molar-refractivity contribution in [3.05, 3.63) is 29.6 Å². The molecule has 3 N–H and O–H groups in total. The number of methoxy groups -OCH3 is 1. The molecule has 0 saturated heterocycles. The minimum atomic E-state index is -0.693. The molecule has 1 atom stereocenters. The van der Waals surface area contributed by atoms with E-state index in [1.807, 2.05) is 0 Å². The number of amides is 1. The number of hydrogen-bond donors (Lipinski definition) is 2. The number of esters is 1. The normalized spacial score (nSPS) is 11.7. The number of carbonyl (C=O) groups excluding carboxylic acids is 2. The van der Waals surface area contributed by atoms with Gasteiger partial charge >= 0.3 is 5.97 Å². The Hall–Kier alpha value is -1.95. The van der Waals surface area contributed by atoms with Gasteiger partial charge in [0, 0.05) is 18.3 Å². The van der Waals surface area contributed by atoms with Gasteiger partial charge in [-0.15, -0.1) is 0 Å². The topological polar surface area (TPSA) is 94.3 Å². The van der Waals surface area contributed by atoms with Crippen LogP contribution >= 0.6 is 0 Å². The maximum absolute atomic E-state index is 11.8. The fourth-order valence-electron chi connectivity index (χ4n) is 1.25. The summed E-state index contributed by atoms with van der Waals surface area (Å²) in [7, 11) is 1.27. The maximum Gasteiger partial charge on any atom is 0.328 e. The van der Waals surface area contributed by atoms with Crippen molar-refractivity contribution < 1.29 is 14.3 Å². The van der Waals surface area contributed by atoms with Gasteiger partial charge in [-0.1, -0.05) is 0 Å². The SMILES string of the molecule is COC(=O)[C@H](C)NC(=O)c1ccnc(CN)c1. The Labute approximate surface area is 99.2 Å². The average molecular weight is 237 g/mol. The second kappa shape index (κ2) is 5.95. The number of carbonyl (C=O) groups is 2. The monoisotopic (exact) mass is 237 g/mol. The van der Waals surface area contributed by atoms with Crippen LogP contribution in [0.25, 0.3) is 0 Å². The third kappa shape index (κ3) is 3.53. The molecule has 0 aliphatic carbocycles. The van der Waals surface area contributed by atoms with E-state index in [0.29, 0.717) is 11.3 Å². The predicted molar refractivity (Wildman–Crippen MR) is 61.1 cm³/mol. The van der Waals surface area contributed by atoms with Crippen molar-refractivity contribution in [2.24, 2.45) is 5.73 Å². The highest BCUT2D eigenvalue weighted by molar-refractivity contribution is 5.96. The molecule has 1 aromatic heterocycles. The summed E-state index contributed by atoms with van der Waals surface area (Å²) in [6.07, 6.45) is 1.50. The maximum atomic E-state index is 11.8. The third-order valence-corrected chi connectivity index (χ3v) is 2.19. The van der Waals surface area contributed by atoms with Gasteiger partial charge in [0.25, 0.3) is 5.91 Å². The van der Waals surface area contributed by atoms with Crippen molar-refractivity contribution in [3.8, 4) is 0 Å². The second-order valence-corrected chi connectivity index (χ2v) is 3.46. The smallest absolute Gasteiger partial charge is 0.328 e. The molecule has 17 heavy (non-hydrogen) atoms. The number of hydrogen-bond acceptors (Lipinski definition) is 5. The molecule has 0 aliphatic heterocycles. The van der Waals surface area contributed by atoms with Crippen LogP contribution in [0.4, 0.5) is 0 Å². The third-order valence-electron chi connectivity index (χ3n) is 2.19. The molecule has 0 spiro atoms. The zero-order valence-electron chi connectivity index (χ0n) is 9.77. The largest absolute Gasteiger partial charge is 0.467 e. The first kappa shape index (κ1) is 13.1. The minimum absolute atomic E-state index is 0.258. The van der Waals surface area contributed by atoms with Gasteiger partial charge in [0.1, 0.15) is 6.04 Å². The molecule has 0 radical (unpaired) electrons. The van der Waals surface area contributed by atoms with Gasteiger partial charge in [0.15, 0.2) is 0 Å². The Kier molecular flexibility index (Phi) is 4.59. The van der Waals surface area contributed by atoms with Crippen LogP contribution in [0.2, 0.25) is 0 Å². The summed E-state index contributed by atoms with van der Waals surface area (Å²) in [6, 6.07) is 2.44. The van der Waals surface area contributed by atoms with Crippen LogP contribution in [-0.2, 0) is 16.1 Å². The van der Waals surface area contributed by atoms with E-state index < -0.39 is 12.0 Å². The second-order valence-electron chi connectivity index (χ2n) is 3.46. The summed E-state index contributed by atoms with van der Waals surface area (Å²) >= 11 is 0. The molecule has 92 valence electrons. The molecule has 0 saturated carbocycles. The van der Waals surface area contributed by atoms with Crippen molar-refractivity contribution in [1.82, 2.24) is 10.3 Å². The molecule has 0 unspecified atom stereocenters. The number of ether oxygens (including phenoxy) is 1. The molecule has 6 heteroatoms. The van der Waals surface area contributed by atoms with E-state index in [0.717, 1.165) is 0 Å². The predicted octanol–water partition coefficient (Wildman–Crippen LogP) is -0.168. The minimum Gasteiger partial charge on any atom is -0.467 e. The molecule has 1 heterocycles. The lowest BCUT2D eigenvalue weighted by molar-refractivity contribution is -0.142. The highest BCUT2D eigenvalue weighted by atomic mass is 16.5. The quantitative estimate of drug-likeness (QED) is 0.709. The van der Waals surface area contributed by atoms with Crippen LogP contribution in [0.5, 0.6) is 0 Å².